The molecule has 28 heavy (non-hydrogen) atoms. The van der Waals surface area contributed by atoms with Crippen LogP contribution in [-0.2, 0) is 9.63 Å². The zero-order valence-corrected chi connectivity index (χ0v) is 15.8. The number of oxime groups is 1. The van der Waals surface area contributed by atoms with Gasteiger partial charge in [-0.05, 0) is 55.0 Å². The molecule has 7 nitrogen and oxygen atoms in total. The summed E-state index contributed by atoms with van der Waals surface area (Å²) in [6.07, 6.45) is -0.227. The summed E-state index contributed by atoms with van der Waals surface area (Å²) in [5, 5.41) is 22.2. The third kappa shape index (κ3) is 6.02. The van der Waals surface area contributed by atoms with Crippen molar-refractivity contribution >= 4 is 11.7 Å². The Labute approximate surface area is 163 Å². The second-order valence-corrected chi connectivity index (χ2v) is 5.91. The van der Waals surface area contributed by atoms with Crippen LogP contribution in [0, 0.1) is 11.3 Å². The summed E-state index contributed by atoms with van der Waals surface area (Å²) >= 11 is 0. The lowest BCUT2D eigenvalue weighted by Gasteiger charge is -2.11. The number of aliphatic carboxylic acids is 1. The molecule has 0 aromatic heterocycles. The first kappa shape index (κ1) is 20.8. The first-order valence-electron chi connectivity index (χ1n) is 8.71. The van der Waals surface area contributed by atoms with Gasteiger partial charge in [-0.3, -0.25) is 4.79 Å². The molecule has 0 saturated heterocycles. The minimum absolute atomic E-state index is 0.0188. The van der Waals surface area contributed by atoms with Gasteiger partial charge in [0.15, 0.2) is 0 Å². The zero-order valence-electron chi connectivity index (χ0n) is 15.8. The van der Waals surface area contributed by atoms with E-state index in [0.29, 0.717) is 23.6 Å². The number of ether oxygens (including phenoxy) is 2. The van der Waals surface area contributed by atoms with Crippen molar-refractivity contribution in [1.29, 1.82) is 5.26 Å². The largest absolute Gasteiger partial charge is 0.497 e. The van der Waals surface area contributed by atoms with Gasteiger partial charge >= 0.3 is 5.97 Å². The molecule has 0 bridgehead atoms. The zero-order chi connectivity index (χ0) is 20.4. The van der Waals surface area contributed by atoms with E-state index in [1.165, 1.54) is 0 Å². The first-order chi connectivity index (χ1) is 13.6. The Morgan fingerprint density at radius 2 is 1.54 bits per heavy atom. The first-order valence-corrected chi connectivity index (χ1v) is 8.71. The SMILES string of the molecule is COc1ccc(C(=NOC(C#N)CCCC(=O)O)c2ccc(OC)cc2)cc1. The molecule has 7 heteroatoms. The third-order valence-corrected chi connectivity index (χ3v) is 4.00. The number of carboxylic acids is 1. The van der Waals surface area contributed by atoms with Crippen LogP contribution < -0.4 is 9.47 Å². The van der Waals surface area contributed by atoms with Gasteiger partial charge in [0.1, 0.15) is 23.3 Å². The third-order valence-electron chi connectivity index (χ3n) is 4.00. The molecule has 0 amide bonds. The number of carboxylic acid groups (broad SMARTS) is 1. The lowest BCUT2D eigenvalue weighted by molar-refractivity contribution is -0.137. The Morgan fingerprint density at radius 1 is 1.04 bits per heavy atom. The predicted molar refractivity (Wildman–Crippen MR) is 104 cm³/mol. The van der Waals surface area contributed by atoms with E-state index in [0.717, 1.165) is 11.1 Å². The van der Waals surface area contributed by atoms with E-state index in [1.54, 1.807) is 14.2 Å². The van der Waals surface area contributed by atoms with Crippen LogP contribution >= 0.6 is 0 Å². The number of hydrogen-bond acceptors (Lipinski definition) is 6. The Balaban J connectivity index is 2.26. The molecule has 0 fully saturated rings. The molecule has 2 rings (SSSR count). The second kappa shape index (κ2) is 10.6. The highest BCUT2D eigenvalue weighted by Crippen LogP contribution is 2.19. The molecule has 0 aliphatic rings. The monoisotopic (exact) mass is 382 g/mol. The Bertz CT molecular complexity index is 789. The van der Waals surface area contributed by atoms with Gasteiger partial charge in [0.05, 0.1) is 14.2 Å². The predicted octanol–water partition coefficient (Wildman–Crippen LogP) is 3.62. The molecular weight excluding hydrogens is 360 g/mol. The van der Waals surface area contributed by atoms with Crippen molar-refractivity contribution in [2.75, 3.05) is 14.2 Å². The summed E-state index contributed by atoms with van der Waals surface area (Å²) < 4.78 is 10.4. The fourth-order valence-electron chi connectivity index (χ4n) is 2.47. The summed E-state index contributed by atoms with van der Waals surface area (Å²) in [6.45, 7) is 0. The standard InChI is InChI=1S/C21H22N2O5/c1-26-17-10-6-15(7-11-17)21(16-8-12-18(27-2)13-9-16)23-28-19(14-22)4-3-5-20(24)25/h6-13,19H,3-5H2,1-2H3,(H,24,25). The van der Waals surface area contributed by atoms with Gasteiger partial charge in [0, 0.05) is 24.0 Å². The summed E-state index contributed by atoms with van der Waals surface area (Å²) in [5.74, 6) is 0.516. The topological polar surface area (TPSA) is 101 Å². The highest BCUT2D eigenvalue weighted by molar-refractivity contribution is 6.12. The maximum Gasteiger partial charge on any atom is 0.303 e. The maximum atomic E-state index is 10.6. The molecule has 2 aromatic carbocycles. The summed E-state index contributed by atoms with van der Waals surface area (Å²) in [7, 11) is 3.18. The summed E-state index contributed by atoms with van der Waals surface area (Å²) in [6, 6.07) is 16.6. The van der Waals surface area contributed by atoms with Gasteiger partial charge in [-0.2, -0.15) is 5.26 Å². The van der Waals surface area contributed by atoms with Crippen LogP contribution in [-0.4, -0.2) is 37.1 Å². The Hall–Kier alpha value is -3.53. The lowest BCUT2D eigenvalue weighted by atomic mass is 10.0. The van der Waals surface area contributed by atoms with E-state index in [1.807, 2.05) is 54.6 Å². The highest BCUT2D eigenvalue weighted by Gasteiger charge is 2.13. The van der Waals surface area contributed by atoms with Crippen molar-refractivity contribution in [3.05, 3.63) is 59.7 Å². The maximum absolute atomic E-state index is 10.6. The van der Waals surface area contributed by atoms with Crippen LogP contribution in [0.1, 0.15) is 30.4 Å². The minimum Gasteiger partial charge on any atom is -0.497 e. The van der Waals surface area contributed by atoms with Gasteiger partial charge in [0.25, 0.3) is 0 Å². The highest BCUT2D eigenvalue weighted by atomic mass is 16.6. The van der Waals surface area contributed by atoms with E-state index in [9.17, 15) is 10.1 Å². The van der Waals surface area contributed by atoms with E-state index in [2.05, 4.69) is 5.16 Å². The minimum atomic E-state index is -0.905. The van der Waals surface area contributed by atoms with Crippen molar-refractivity contribution in [3.63, 3.8) is 0 Å². The van der Waals surface area contributed by atoms with Crippen molar-refractivity contribution in [2.24, 2.45) is 5.16 Å². The van der Waals surface area contributed by atoms with Crippen molar-refractivity contribution in [3.8, 4) is 17.6 Å². The Kier molecular flexibility index (Phi) is 7.85. The van der Waals surface area contributed by atoms with E-state index < -0.39 is 12.1 Å². The van der Waals surface area contributed by atoms with Gasteiger partial charge in [0.2, 0.25) is 6.10 Å². The van der Waals surface area contributed by atoms with Crippen LogP contribution in [0.4, 0.5) is 0 Å². The van der Waals surface area contributed by atoms with Gasteiger partial charge < -0.3 is 19.4 Å². The van der Waals surface area contributed by atoms with Crippen LogP contribution in [0.25, 0.3) is 0 Å². The molecule has 0 saturated carbocycles. The fourth-order valence-corrected chi connectivity index (χ4v) is 2.47. The van der Waals surface area contributed by atoms with E-state index in [-0.39, 0.29) is 12.8 Å². The average molecular weight is 382 g/mol. The number of benzene rings is 2. The molecule has 1 N–H and O–H groups in total. The molecule has 0 spiro atoms. The normalized spacial score (nSPS) is 11.0. The summed E-state index contributed by atoms with van der Waals surface area (Å²) in [4.78, 5) is 16.1. The molecule has 1 atom stereocenters. The molecule has 146 valence electrons. The summed E-state index contributed by atoms with van der Waals surface area (Å²) in [5.41, 5.74) is 2.12. The molecule has 0 radical (unpaired) electrons. The number of nitrogens with zero attached hydrogens (tertiary/aromatic N) is 2. The van der Waals surface area contributed by atoms with Crippen molar-refractivity contribution < 1.29 is 24.2 Å². The lowest BCUT2D eigenvalue weighted by Crippen LogP contribution is -2.11. The van der Waals surface area contributed by atoms with Crippen LogP contribution in [0.15, 0.2) is 53.7 Å². The molecular formula is C21H22N2O5. The van der Waals surface area contributed by atoms with Crippen LogP contribution in [0.3, 0.4) is 0 Å². The van der Waals surface area contributed by atoms with E-state index in [4.69, 9.17) is 19.4 Å². The Morgan fingerprint density at radius 3 is 1.93 bits per heavy atom. The molecule has 1 unspecified atom stereocenters. The van der Waals surface area contributed by atoms with Crippen molar-refractivity contribution in [1.82, 2.24) is 0 Å². The van der Waals surface area contributed by atoms with Crippen LogP contribution in [0.5, 0.6) is 11.5 Å². The van der Waals surface area contributed by atoms with Gasteiger partial charge in [-0.1, -0.05) is 5.16 Å². The van der Waals surface area contributed by atoms with E-state index >= 15 is 0 Å². The van der Waals surface area contributed by atoms with Crippen LogP contribution in [0.2, 0.25) is 0 Å². The fraction of sp³-hybridized carbons (Fsp3) is 0.286. The number of methoxy groups -OCH3 is 2. The van der Waals surface area contributed by atoms with Crippen molar-refractivity contribution in [2.45, 2.75) is 25.4 Å². The molecule has 0 aliphatic carbocycles. The smallest absolute Gasteiger partial charge is 0.303 e. The van der Waals surface area contributed by atoms with Gasteiger partial charge in [-0.25, -0.2) is 0 Å². The average Bonchev–Trinajstić information content (AvgIpc) is 2.73. The number of nitriles is 1. The number of hydrogen-bond donors (Lipinski definition) is 1. The second-order valence-electron chi connectivity index (χ2n) is 5.91. The molecule has 0 aliphatic heterocycles. The number of carbonyl (C=O) groups is 1. The quantitative estimate of drug-likeness (QED) is 0.497. The van der Waals surface area contributed by atoms with Gasteiger partial charge in [-0.15, -0.1) is 0 Å². The molecule has 0 heterocycles. The number of rotatable bonds is 10. The molecule has 2 aromatic rings.